The average molecular weight is 430 g/mol. The number of halogens is 3. The molecule has 9 heteroatoms. The number of alkyl halides is 3. The molecule has 0 heterocycles. The number of rotatable bonds is 9. The zero-order valence-corrected chi connectivity index (χ0v) is 17.3. The second-order valence-corrected chi connectivity index (χ2v) is 8.09. The maximum Gasteiger partial charge on any atom is 0.417 e. The van der Waals surface area contributed by atoms with Gasteiger partial charge in [-0.05, 0) is 42.9 Å². The average Bonchev–Trinajstić information content (AvgIpc) is 2.70. The fraction of sp³-hybridized carbons (Fsp3) is 0.400. The van der Waals surface area contributed by atoms with E-state index < -0.39 is 26.7 Å². The van der Waals surface area contributed by atoms with Crippen LogP contribution in [0.25, 0.3) is 0 Å². The summed E-state index contributed by atoms with van der Waals surface area (Å²) in [6.07, 6.45) is -4.77. The molecule has 1 atom stereocenters. The SMILES string of the molecule is CCN(CC)C(CNS(=O)(=O)c1ccccc1C(F)(F)F)c1cccc(OC)c1. The summed E-state index contributed by atoms with van der Waals surface area (Å²) in [6, 6.07) is 11.0. The number of benzene rings is 2. The Labute approximate surface area is 169 Å². The number of ether oxygens (including phenoxy) is 1. The molecule has 160 valence electrons. The topological polar surface area (TPSA) is 58.6 Å². The Morgan fingerprint density at radius 1 is 1.07 bits per heavy atom. The Bertz CT molecular complexity index is 913. The highest BCUT2D eigenvalue weighted by atomic mass is 32.2. The van der Waals surface area contributed by atoms with E-state index in [2.05, 4.69) is 4.72 Å². The normalized spacial score (nSPS) is 13.5. The van der Waals surface area contributed by atoms with Crippen molar-refractivity contribution in [3.63, 3.8) is 0 Å². The van der Waals surface area contributed by atoms with Crippen molar-refractivity contribution in [2.24, 2.45) is 0 Å². The first-order valence-corrected chi connectivity index (χ1v) is 10.7. The molecule has 0 amide bonds. The van der Waals surface area contributed by atoms with E-state index >= 15 is 0 Å². The number of hydrogen-bond acceptors (Lipinski definition) is 4. The maximum atomic E-state index is 13.2. The summed E-state index contributed by atoms with van der Waals surface area (Å²) in [4.78, 5) is 1.24. The number of methoxy groups -OCH3 is 1. The lowest BCUT2D eigenvalue weighted by molar-refractivity contribution is -0.139. The summed E-state index contributed by atoms with van der Waals surface area (Å²) in [5.74, 6) is 0.616. The third-order valence-electron chi connectivity index (χ3n) is 4.68. The van der Waals surface area contributed by atoms with Crippen LogP contribution >= 0.6 is 0 Å². The second kappa shape index (κ2) is 9.60. The molecule has 1 N–H and O–H groups in total. The van der Waals surface area contributed by atoms with E-state index in [1.54, 1.807) is 18.2 Å². The van der Waals surface area contributed by atoms with Crippen LogP contribution in [0.3, 0.4) is 0 Å². The van der Waals surface area contributed by atoms with Gasteiger partial charge in [0.2, 0.25) is 10.0 Å². The van der Waals surface area contributed by atoms with Crippen molar-refractivity contribution < 1.29 is 26.3 Å². The molecule has 0 aliphatic carbocycles. The van der Waals surface area contributed by atoms with Crippen LogP contribution in [0.1, 0.15) is 31.0 Å². The third kappa shape index (κ3) is 5.71. The molecule has 0 saturated carbocycles. The first-order chi connectivity index (χ1) is 13.6. The van der Waals surface area contributed by atoms with Gasteiger partial charge in [-0.15, -0.1) is 0 Å². The fourth-order valence-corrected chi connectivity index (χ4v) is 4.44. The summed E-state index contributed by atoms with van der Waals surface area (Å²) in [7, 11) is -2.84. The predicted octanol–water partition coefficient (Wildman–Crippen LogP) is 4.08. The monoisotopic (exact) mass is 430 g/mol. The van der Waals surface area contributed by atoms with E-state index in [-0.39, 0.29) is 12.6 Å². The molecule has 0 saturated heterocycles. The third-order valence-corrected chi connectivity index (χ3v) is 6.16. The van der Waals surface area contributed by atoms with Crippen LogP contribution in [0.4, 0.5) is 13.2 Å². The molecular weight excluding hydrogens is 405 g/mol. The van der Waals surface area contributed by atoms with Crippen molar-refractivity contribution >= 4 is 10.0 Å². The van der Waals surface area contributed by atoms with Crippen LogP contribution in [0.5, 0.6) is 5.75 Å². The number of sulfonamides is 1. The van der Waals surface area contributed by atoms with E-state index in [1.165, 1.54) is 13.2 Å². The summed E-state index contributed by atoms with van der Waals surface area (Å²) < 4.78 is 72.8. The van der Waals surface area contributed by atoms with Crippen molar-refractivity contribution in [2.75, 3.05) is 26.7 Å². The Hall–Kier alpha value is -2.10. The van der Waals surface area contributed by atoms with Crippen molar-refractivity contribution in [2.45, 2.75) is 31.0 Å². The Kier molecular flexibility index (Phi) is 7.67. The van der Waals surface area contributed by atoms with Crippen molar-refractivity contribution in [3.05, 3.63) is 59.7 Å². The molecule has 1 unspecified atom stereocenters. The molecule has 0 bridgehead atoms. The van der Waals surface area contributed by atoms with Crippen molar-refractivity contribution in [1.29, 1.82) is 0 Å². The molecule has 0 aromatic heterocycles. The minimum absolute atomic E-state index is 0.0800. The summed E-state index contributed by atoms with van der Waals surface area (Å²) in [6.45, 7) is 5.07. The molecule has 5 nitrogen and oxygen atoms in total. The lowest BCUT2D eigenvalue weighted by atomic mass is 10.0. The van der Waals surface area contributed by atoms with Gasteiger partial charge in [0.25, 0.3) is 0 Å². The Balaban J connectivity index is 2.36. The lowest BCUT2D eigenvalue weighted by Crippen LogP contribution is -2.38. The molecule has 2 aromatic rings. The van der Waals surface area contributed by atoms with Gasteiger partial charge >= 0.3 is 6.18 Å². The highest BCUT2D eigenvalue weighted by Gasteiger charge is 2.37. The highest BCUT2D eigenvalue weighted by molar-refractivity contribution is 7.89. The minimum atomic E-state index is -4.77. The van der Waals surface area contributed by atoms with Gasteiger partial charge in [-0.1, -0.05) is 38.1 Å². The molecule has 2 rings (SSSR count). The van der Waals surface area contributed by atoms with Crippen LogP contribution in [0, 0.1) is 0 Å². The summed E-state index contributed by atoms with van der Waals surface area (Å²) in [5, 5.41) is 0. The van der Waals surface area contributed by atoms with Gasteiger partial charge in [0.15, 0.2) is 0 Å². The van der Waals surface area contributed by atoms with Crippen LogP contribution in [0.2, 0.25) is 0 Å². The van der Waals surface area contributed by atoms with E-state index in [0.717, 1.165) is 23.8 Å². The summed E-state index contributed by atoms with van der Waals surface area (Å²) in [5.41, 5.74) is -0.381. The molecule has 0 aliphatic rings. The smallest absolute Gasteiger partial charge is 0.417 e. The Morgan fingerprint density at radius 3 is 2.31 bits per heavy atom. The van der Waals surface area contributed by atoms with Gasteiger partial charge in [0.1, 0.15) is 5.75 Å². The van der Waals surface area contributed by atoms with Gasteiger partial charge < -0.3 is 4.74 Å². The highest BCUT2D eigenvalue weighted by Crippen LogP contribution is 2.34. The van der Waals surface area contributed by atoms with Crippen LogP contribution in [0.15, 0.2) is 53.4 Å². The first kappa shape index (κ1) is 23.2. The van der Waals surface area contributed by atoms with Crippen LogP contribution < -0.4 is 9.46 Å². The van der Waals surface area contributed by atoms with E-state index in [4.69, 9.17) is 4.74 Å². The molecule has 0 spiro atoms. The standard InChI is InChI=1S/C20H25F3N2O3S/c1-4-25(5-2)18(15-9-8-10-16(13-15)28-3)14-24-29(26,27)19-12-7-6-11-17(19)20(21,22)23/h6-13,18,24H,4-5,14H2,1-3H3. The minimum Gasteiger partial charge on any atom is -0.497 e. The molecule has 2 aromatic carbocycles. The molecule has 0 aliphatic heterocycles. The summed E-state index contributed by atoms with van der Waals surface area (Å²) >= 11 is 0. The number of likely N-dealkylation sites (N-methyl/N-ethyl adjacent to an activating group) is 1. The van der Waals surface area contributed by atoms with E-state index in [1.807, 2.05) is 24.8 Å². The van der Waals surface area contributed by atoms with Gasteiger partial charge in [0.05, 0.1) is 17.6 Å². The lowest BCUT2D eigenvalue weighted by Gasteiger charge is -2.30. The predicted molar refractivity (Wildman–Crippen MR) is 105 cm³/mol. The van der Waals surface area contributed by atoms with Crippen LogP contribution in [-0.4, -0.2) is 40.1 Å². The largest absolute Gasteiger partial charge is 0.497 e. The van der Waals surface area contributed by atoms with E-state index in [0.29, 0.717) is 18.8 Å². The number of nitrogens with zero attached hydrogens (tertiary/aromatic N) is 1. The Morgan fingerprint density at radius 2 is 1.72 bits per heavy atom. The molecule has 0 radical (unpaired) electrons. The van der Waals surface area contributed by atoms with Crippen LogP contribution in [-0.2, 0) is 16.2 Å². The zero-order valence-electron chi connectivity index (χ0n) is 16.5. The fourth-order valence-electron chi connectivity index (χ4n) is 3.17. The molecular formula is C20H25F3N2O3S. The number of nitrogens with one attached hydrogen (secondary N) is 1. The molecule has 0 fully saturated rings. The first-order valence-electron chi connectivity index (χ1n) is 9.17. The second-order valence-electron chi connectivity index (χ2n) is 6.36. The quantitative estimate of drug-likeness (QED) is 0.652. The number of hydrogen-bond donors (Lipinski definition) is 1. The van der Waals surface area contributed by atoms with Gasteiger partial charge in [-0.2, -0.15) is 13.2 Å². The van der Waals surface area contributed by atoms with E-state index in [9.17, 15) is 21.6 Å². The maximum absolute atomic E-state index is 13.2. The van der Waals surface area contributed by atoms with Crippen molar-refractivity contribution in [1.82, 2.24) is 9.62 Å². The zero-order chi connectivity index (χ0) is 21.7. The van der Waals surface area contributed by atoms with Crippen molar-refractivity contribution in [3.8, 4) is 5.75 Å². The molecule has 29 heavy (non-hydrogen) atoms. The van der Waals surface area contributed by atoms with Gasteiger partial charge in [0, 0.05) is 12.6 Å². The van der Waals surface area contributed by atoms with Gasteiger partial charge in [-0.3, -0.25) is 4.90 Å². The van der Waals surface area contributed by atoms with Gasteiger partial charge in [-0.25, -0.2) is 13.1 Å².